The second-order valence-electron chi connectivity index (χ2n) is 3.61. The third kappa shape index (κ3) is 2.63. The number of ether oxygens (including phenoxy) is 1. The predicted molar refractivity (Wildman–Crippen MR) is 70.2 cm³/mol. The summed E-state index contributed by atoms with van der Waals surface area (Å²) < 4.78 is 5.18. The van der Waals surface area contributed by atoms with Gasteiger partial charge in [-0.1, -0.05) is 0 Å². The zero-order valence-corrected chi connectivity index (χ0v) is 10.5. The van der Waals surface area contributed by atoms with Crippen LogP contribution in [0.15, 0.2) is 11.4 Å². The summed E-state index contributed by atoms with van der Waals surface area (Å²) in [5.74, 6) is 6.52. The van der Waals surface area contributed by atoms with Crippen LogP contribution in [0, 0.1) is 0 Å². The van der Waals surface area contributed by atoms with E-state index in [-0.39, 0.29) is 6.10 Å². The van der Waals surface area contributed by atoms with E-state index >= 15 is 0 Å². The predicted octanol–water partition coefficient (Wildman–Crippen LogP) is 1.42. The number of fused-ring (bicyclic) bond motifs is 1. The first-order chi connectivity index (χ1) is 8.24. The van der Waals surface area contributed by atoms with Gasteiger partial charge >= 0.3 is 0 Å². The Bertz CT molecular complexity index is 500. The minimum atomic E-state index is 0.118. The molecular weight excluding hydrogens is 238 g/mol. The molecule has 0 aliphatic heterocycles. The molecule has 0 radical (unpaired) electrons. The summed E-state index contributed by atoms with van der Waals surface area (Å²) in [6.45, 7) is 2.67. The van der Waals surface area contributed by atoms with Gasteiger partial charge in [-0.3, -0.25) is 5.43 Å². The standard InChI is InChI=1S/C10H15N5OS/c1-6(16-2)5-12-8-7-3-4-17-9(7)14-10(13-8)15-11/h3-4,6H,5,11H2,1-2H3,(H2,12,13,14,15). The molecule has 0 bridgehead atoms. The highest BCUT2D eigenvalue weighted by Crippen LogP contribution is 2.26. The molecule has 0 fully saturated rings. The van der Waals surface area contributed by atoms with E-state index in [1.54, 1.807) is 18.4 Å². The average Bonchev–Trinajstić information content (AvgIpc) is 2.83. The van der Waals surface area contributed by atoms with Crippen molar-refractivity contribution >= 4 is 33.3 Å². The zero-order chi connectivity index (χ0) is 12.3. The molecule has 92 valence electrons. The summed E-state index contributed by atoms with van der Waals surface area (Å²) in [6.07, 6.45) is 0.118. The summed E-state index contributed by atoms with van der Waals surface area (Å²) in [4.78, 5) is 9.46. The van der Waals surface area contributed by atoms with Crippen LogP contribution in [0.3, 0.4) is 0 Å². The van der Waals surface area contributed by atoms with E-state index in [0.29, 0.717) is 12.5 Å². The van der Waals surface area contributed by atoms with Crippen LogP contribution in [-0.2, 0) is 4.74 Å². The molecule has 1 atom stereocenters. The third-order valence-electron chi connectivity index (χ3n) is 2.41. The Hall–Kier alpha value is -1.44. The van der Waals surface area contributed by atoms with Gasteiger partial charge in [-0.2, -0.15) is 4.98 Å². The van der Waals surface area contributed by atoms with Crippen molar-refractivity contribution < 1.29 is 4.74 Å². The van der Waals surface area contributed by atoms with Gasteiger partial charge in [0.05, 0.1) is 11.5 Å². The van der Waals surface area contributed by atoms with Crippen molar-refractivity contribution in [3.05, 3.63) is 11.4 Å². The smallest absolute Gasteiger partial charge is 0.240 e. The first-order valence-electron chi connectivity index (χ1n) is 5.23. The molecule has 0 aliphatic carbocycles. The van der Waals surface area contributed by atoms with Crippen LogP contribution in [0.5, 0.6) is 0 Å². The van der Waals surface area contributed by atoms with E-state index in [2.05, 4.69) is 20.7 Å². The van der Waals surface area contributed by atoms with Crippen molar-refractivity contribution in [2.45, 2.75) is 13.0 Å². The molecule has 0 aliphatic rings. The van der Waals surface area contributed by atoms with Gasteiger partial charge in [-0.25, -0.2) is 10.8 Å². The Morgan fingerprint density at radius 1 is 1.53 bits per heavy atom. The molecule has 4 N–H and O–H groups in total. The maximum atomic E-state index is 5.34. The molecule has 0 aromatic carbocycles. The number of aromatic nitrogens is 2. The molecule has 2 aromatic rings. The summed E-state index contributed by atoms with van der Waals surface area (Å²) in [5.41, 5.74) is 2.46. The van der Waals surface area contributed by atoms with Crippen LogP contribution in [0.4, 0.5) is 11.8 Å². The largest absolute Gasteiger partial charge is 0.380 e. The summed E-state index contributed by atoms with van der Waals surface area (Å²) in [6, 6.07) is 1.99. The fraction of sp³-hybridized carbons (Fsp3) is 0.400. The number of anilines is 2. The topological polar surface area (TPSA) is 85.1 Å². The van der Waals surface area contributed by atoms with Crippen molar-refractivity contribution in [2.24, 2.45) is 5.84 Å². The van der Waals surface area contributed by atoms with Gasteiger partial charge in [0.25, 0.3) is 0 Å². The van der Waals surface area contributed by atoms with Crippen LogP contribution >= 0.6 is 11.3 Å². The maximum absolute atomic E-state index is 5.34. The van der Waals surface area contributed by atoms with E-state index in [9.17, 15) is 0 Å². The van der Waals surface area contributed by atoms with Crippen molar-refractivity contribution in [3.8, 4) is 0 Å². The molecular formula is C10H15N5OS. The van der Waals surface area contributed by atoms with Crippen molar-refractivity contribution in [1.29, 1.82) is 0 Å². The lowest BCUT2D eigenvalue weighted by molar-refractivity contribution is 0.128. The number of nitrogens with two attached hydrogens (primary N) is 1. The lowest BCUT2D eigenvalue weighted by Crippen LogP contribution is -2.19. The normalized spacial score (nSPS) is 12.6. The Balaban J connectivity index is 2.27. The molecule has 7 heteroatoms. The van der Waals surface area contributed by atoms with Crippen molar-refractivity contribution in [1.82, 2.24) is 9.97 Å². The highest BCUT2D eigenvalue weighted by atomic mass is 32.1. The van der Waals surface area contributed by atoms with Crippen LogP contribution < -0.4 is 16.6 Å². The van der Waals surface area contributed by atoms with Gasteiger partial charge in [0.1, 0.15) is 10.6 Å². The fourth-order valence-corrected chi connectivity index (χ4v) is 2.14. The third-order valence-corrected chi connectivity index (χ3v) is 3.22. The second kappa shape index (κ2) is 5.26. The molecule has 17 heavy (non-hydrogen) atoms. The van der Waals surface area contributed by atoms with Crippen LogP contribution in [-0.4, -0.2) is 29.7 Å². The SMILES string of the molecule is COC(C)CNc1nc(NN)nc2sccc12. The van der Waals surface area contributed by atoms with Gasteiger partial charge in [0.15, 0.2) is 0 Å². The number of rotatable bonds is 5. The Labute approximate surface area is 103 Å². The average molecular weight is 253 g/mol. The van der Waals surface area contributed by atoms with E-state index < -0.39 is 0 Å². The zero-order valence-electron chi connectivity index (χ0n) is 9.73. The van der Waals surface area contributed by atoms with Gasteiger partial charge in [-0.05, 0) is 18.4 Å². The number of thiophene rings is 1. The number of nitrogen functional groups attached to an aromatic ring is 1. The number of hydrogen-bond donors (Lipinski definition) is 3. The van der Waals surface area contributed by atoms with Crippen molar-refractivity contribution in [3.63, 3.8) is 0 Å². The summed E-state index contributed by atoms with van der Waals surface area (Å²) in [5, 5.41) is 6.21. The van der Waals surface area contributed by atoms with E-state index in [4.69, 9.17) is 10.6 Å². The molecule has 0 amide bonds. The lowest BCUT2D eigenvalue weighted by Gasteiger charge is -2.12. The number of hydrazine groups is 1. The summed E-state index contributed by atoms with van der Waals surface area (Å²) in [7, 11) is 1.68. The fourth-order valence-electron chi connectivity index (χ4n) is 1.38. The molecule has 2 rings (SSSR count). The highest BCUT2D eigenvalue weighted by Gasteiger charge is 2.09. The Morgan fingerprint density at radius 2 is 2.35 bits per heavy atom. The first-order valence-corrected chi connectivity index (χ1v) is 6.11. The molecule has 0 saturated carbocycles. The van der Waals surface area contributed by atoms with E-state index in [1.165, 1.54) is 0 Å². The molecule has 2 heterocycles. The quantitative estimate of drug-likeness (QED) is 0.552. The van der Waals surface area contributed by atoms with Crippen LogP contribution in [0.25, 0.3) is 10.2 Å². The number of methoxy groups -OCH3 is 1. The Kier molecular flexibility index (Phi) is 3.72. The van der Waals surface area contributed by atoms with Crippen LogP contribution in [0.2, 0.25) is 0 Å². The summed E-state index contributed by atoms with van der Waals surface area (Å²) >= 11 is 1.55. The second-order valence-corrected chi connectivity index (χ2v) is 4.50. The number of nitrogens with one attached hydrogen (secondary N) is 2. The van der Waals surface area contributed by atoms with Crippen molar-refractivity contribution in [2.75, 3.05) is 24.4 Å². The van der Waals surface area contributed by atoms with Gasteiger partial charge in [-0.15, -0.1) is 11.3 Å². The monoisotopic (exact) mass is 253 g/mol. The minimum Gasteiger partial charge on any atom is -0.380 e. The molecule has 0 spiro atoms. The van der Waals surface area contributed by atoms with Gasteiger partial charge < -0.3 is 10.1 Å². The minimum absolute atomic E-state index is 0.118. The number of nitrogens with zero attached hydrogens (tertiary/aromatic N) is 2. The van der Waals surface area contributed by atoms with Gasteiger partial charge in [0, 0.05) is 13.7 Å². The molecule has 1 unspecified atom stereocenters. The molecule has 6 nitrogen and oxygen atoms in total. The molecule has 2 aromatic heterocycles. The lowest BCUT2D eigenvalue weighted by atomic mass is 10.3. The Morgan fingerprint density at radius 3 is 3.06 bits per heavy atom. The van der Waals surface area contributed by atoms with Gasteiger partial charge in [0.2, 0.25) is 5.95 Å². The van der Waals surface area contributed by atoms with E-state index in [1.807, 2.05) is 18.4 Å². The maximum Gasteiger partial charge on any atom is 0.240 e. The molecule has 0 saturated heterocycles. The first kappa shape index (κ1) is 12.0. The van der Waals surface area contributed by atoms with E-state index in [0.717, 1.165) is 16.0 Å². The number of hydrogen-bond acceptors (Lipinski definition) is 7. The highest BCUT2D eigenvalue weighted by molar-refractivity contribution is 7.16. The van der Waals surface area contributed by atoms with Crippen LogP contribution in [0.1, 0.15) is 6.92 Å².